The van der Waals surface area contributed by atoms with Crippen LogP contribution in [0.1, 0.15) is 32.6 Å². The first-order valence-electron chi connectivity index (χ1n) is 7.11. The Labute approximate surface area is 120 Å². The molecule has 0 aliphatic carbocycles. The second-order valence-electron chi connectivity index (χ2n) is 5.93. The molecule has 112 valence electrons. The molecular weight excluding hydrogens is 282 g/mol. The fourth-order valence-corrected chi connectivity index (χ4v) is 6.43. The molecule has 0 radical (unpaired) electrons. The standard InChI is InChI=1S/C13H25NO3S2/c1-11(9-14)10-19(15,16)12-2-5-17-13(8-12)3-6-18-7-4-13/h11-12H,2-10,14H2,1H3. The minimum Gasteiger partial charge on any atom is -0.375 e. The van der Waals surface area contributed by atoms with Crippen molar-refractivity contribution in [2.24, 2.45) is 11.7 Å². The number of ether oxygens (including phenoxy) is 1. The summed E-state index contributed by atoms with van der Waals surface area (Å²) in [6.45, 7) is 2.93. The maximum atomic E-state index is 12.5. The maximum absolute atomic E-state index is 12.5. The van der Waals surface area contributed by atoms with Crippen LogP contribution < -0.4 is 5.73 Å². The topological polar surface area (TPSA) is 69.4 Å². The lowest BCUT2D eigenvalue weighted by Gasteiger charge is -2.43. The van der Waals surface area contributed by atoms with Gasteiger partial charge in [0.05, 0.1) is 16.6 Å². The quantitative estimate of drug-likeness (QED) is 0.851. The molecule has 19 heavy (non-hydrogen) atoms. The average molecular weight is 307 g/mol. The fraction of sp³-hybridized carbons (Fsp3) is 1.00. The molecule has 2 aliphatic rings. The van der Waals surface area contributed by atoms with Crippen molar-refractivity contribution in [2.75, 3.05) is 30.4 Å². The van der Waals surface area contributed by atoms with Gasteiger partial charge >= 0.3 is 0 Å². The van der Waals surface area contributed by atoms with E-state index < -0.39 is 9.84 Å². The Morgan fingerprint density at radius 3 is 2.74 bits per heavy atom. The Morgan fingerprint density at radius 2 is 2.11 bits per heavy atom. The van der Waals surface area contributed by atoms with E-state index in [-0.39, 0.29) is 22.5 Å². The molecule has 0 bridgehead atoms. The summed E-state index contributed by atoms with van der Waals surface area (Å²) in [6, 6.07) is 0. The minimum absolute atomic E-state index is 0.0470. The van der Waals surface area contributed by atoms with E-state index in [0.29, 0.717) is 26.0 Å². The van der Waals surface area contributed by atoms with Crippen molar-refractivity contribution in [1.82, 2.24) is 0 Å². The molecular formula is C13H25NO3S2. The molecule has 2 atom stereocenters. The Kier molecular flexibility index (Phi) is 5.20. The van der Waals surface area contributed by atoms with Crippen molar-refractivity contribution < 1.29 is 13.2 Å². The highest BCUT2D eigenvalue weighted by Crippen LogP contribution is 2.39. The number of thioether (sulfide) groups is 1. The number of sulfone groups is 1. The predicted molar refractivity (Wildman–Crippen MR) is 80.3 cm³/mol. The van der Waals surface area contributed by atoms with Crippen molar-refractivity contribution in [3.05, 3.63) is 0 Å². The molecule has 0 saturated carbocycles. The highest BCUT2D eigenvalue weighted by molar-refractivity contribution is 7.99. The molecule has 2 fully saturated rings. The van der Waals surface area contributed by atoms with Crippen molar-refractivity contribution in [3.63, 3.8) is 0 Å². The molecule has 2 heterocycles. The van der Waals surface area contributed by atoms with Crippen LogP contribution in [0, 0.1) is 5.92 Å². The maximum Gasteiger partial charge on any atom is 0.153 e. The number of nitrogens with two attached hydrogens (primary N) is 1. The van der Waals surface area contributed by atoms with Crippen molar-refractivity contribution in [2.45, 2.75) is 43.5 Å². The van der Waals surface area contributed by atoms with Gasteiger partial charge in [0.25, 0.3) is 0 Å². The van der Waals surface area contributed by atoms with Gasteiger partial charge < -0.3 is 10.5 Å². The lowest BCUT2D eigenvalue weighted by molar-refractivity contribution is -0.0813. The second-order valence-corrected chi connectivity index (χ2v) is 9.48. The van der Waals surface area contributed by atoms with Crippen molar-refractivity contribution >= 4 is 21.6 Å². The van der Waals surface area contributed by atoms with Gasteiger partial charge in [0.1, 0.15) is 0 Å². The van der Waals surface area contributed by atoms with Gasteiger partial charge in [0, 0.05) is 6.61 Å². The van der Waals surface area contributed by atoms with Gasteiger partial charge in [-0.1, -0.05) is 6.92 Å². The van der Waals surface area contributed by atoms with Gasteiger partial charge in [-0.15, -0.1) is 0 Å². The van der Waals surface area contributed by atoms with Crippen LogP contribution in [-0.4, -0.2) is 49.7 Å². The molecule has 2 N–H and O–H groups in total. The first kappa shape index (κ1) is 15.6. The number of rotatable bonds is 4. The highest BCUT2D eigenvalue weighted by Gasteiger charge is 2.43. The largest absolute Gasteiger partial charge is 0.375 e. The summed E-state index contributed by atoms with van der Waals surface area (Å²) in [5.41, 5.74) is 5.39. The normalized spacial score (nSPS) is 29.3. The smallest absolute Gasteiger partial charge is 0.153 e. The summed E-state index contributed by atoms with van der Waals surface area (Å²) >= 11 is 1.94. The number of hydrogen-bond donors (Lipinski definition) is 1. The third kappa shape index (κ3) is 3.86. The first-order chi connectivity index (χ1) is 8.97. The van der Waals surface area contributed by atoms with E-state index in [0.717, 1.165) is 24.3 Å². The van der Waals surface area contributed by atoms with Gasteiger partial charge in [-0.2, -0.15) is 11.8 Å². The van der Waals surface area contributed by atoms with Crippen molar-refractivity contribution in [1.29, 1.82) is 0 Å². The zero-order chi connectivity index (χ0) is 13.9. The monoisotopic (exact) mass is 307 g/mol. The molecule has 2 aliphatic heterocycles. The summed E-state index contributed by atoms with van der Waals surface area (Å²) in [7, 11) is -3.04. The zero-order valence-electron chi connectivity index (χ0n) is 11.6. The van der Waals surface area contributed by atoms with Gasteiger partial charge in [0.15, 0.2) is 9.84 Å². The van der Waals surface area contributed by atoms with Crippen LogP contribution in [0.15, 0.2) is 0 Å². The van der Waals surface area contributed by atoms with Crippen LogP contribution in [0.5, 0.6) is 0 Å². The van der Waals surface area contributed by atoms with E-state index in [1.807, 2.05) is 18.7 Å². The summed E-state index contributed by atoms with van der Waals surface area (Å²) in [5, 5.41) is -0.224. The molecule has 2 saturated heterocycles. The molecule has 2 unspecified atom stereocenters. The molecule has 0 aromatic carbocycles. The van der Waals surface area contributed by atoms with Gasteiger partial charge in [-0.3, -0.25) is 0 Å². The van der Waals surface area contributed by atoms with Crippen LogP contribution in [-0.2, 0) is 14.6 Å². The SMILES string of the molecule is CC(CN)CS(=O)(=O)C1CCOC2(CCSCC2)C1. The van der Waals surface area contributed by atoms with Gasteiger partial charge in [0.2, 0.25) is 0 Å². The van der Waals surface area contributed by atoms with E-state index in [1.54, 1.807) is 0 Å². The Balaban J connectivity index is 2.04. The zero-order valence-corrected chi connectivity index (χ0v) is 13.3. The highest BCUT2D eigenvalue weighted by atomic mass is 32.2. The van der Waals surface area contributed by atoms with Crippen LogP contribution >= 0.6 is 11.8 Å². The fourth-order valence-electron chi connectivity index (χ4n) is 2.98. The van der Waals surface area contributed by atoms with E-state index in [4.69, 9.17) is 10.5 Å². The van der Waals surface area contributed by atoms with Crippen molar-refractivity contribution in [3.8, 4) is 0 Å². The van der Waals surface area contributed by atoms with Crippen LogP contribution in [0.4, 0.5) is 0 Å². The van der Waals surface area contributed by atoms with Crippen LogP contribution in [0.25, 0.3) is 0 Å². The second kappa shape index (κ2) is 6.33. The third-order valence-corrected chi connectivity index (χ3v) is 7.72. The van der Waals surface area contributed by atoms with E-state index in [1.165, 1.54) is 0 Å². The molecule has 6 heteroatoms. The summed E-state index contributed by atoms with van der Waals surface area (Å²) < 4.78 is 30.9. The average Bonchev–Trinajstić information content (AvgIpc) is 2.39. The van der Waals surface area contributed by atoms with Gasteiger partial charge in [-0.05, 0) is 49.7 Å². The van der Waals surface area contributed by atoms with E-state index in [9.17, 15) is 8.42 Å². The Morgan fingerprint density at radius 1 is 1.42 bits per heavy atom. The Hall–Kier alpha value is 0.220. The summed E-state index contributed by atoms with van der Waals surface area (Å²) in [6.07, 6.45) is 3.33. The first-order valence-corrected chi connectivity index (χ1v) is 9.98. The predicted octanol–water partition coefficient (Wildman–Crippen LogP) is 1.44. The number of hydrogen-bond acceptors (Lipinski definition) is 5. The van der Waals surface area contributed by atoms with Gasteiger partial charge in [-0.25, -0.2) is 8.42 Å². The molecule has 2 rings (SSSR count). The lowest BCUT2D eigenvalue weighted by atomic mass is 9.88. The van der Waals surface area contributed by atoms with Crippen LogP contribution in [0.3, 0.4) is 0 Å². The van der Waals surface area contributed by atoms with E-state index >= 15 is 0 Å². The minimum atomic E-state index is -3.04. The molecule has 1 spiro atoms. The lowest BCUT2D eigenvalue weighted by Crippen LogP contribution is -2.47. The third-order valence-electron chi connectivity index (χ3n) is 4.28. The molecule has 0 aromatic rings. The van der Waals surface area contributed by atoms with Crippen LogP contribution in [0.2, 0.25) is 0 Å². The molecule has 0 amide bonds. The Bertz CT molecular complexity index is 385. The summed E-state index contributed by atoms with van der Waals surface area (Å²) in [4.78, 5) is 0. The summed E-state index contributed by atoms with van der Waals surface area (Å²) in [5.74, 6) is 2.45. The van der Waals surface area contributed by atoms with E-state index in [2.05, 4.69) is 0 Å². The molecule has 0 aromatic heterocycles. The molecule has 4 nitrogen and oxygen atoms in total.